The molecule has 0 saturated carbocycles. The van der Waals surface area contributed by atoms with E-state index >= 15 is 0 Å². The van der Waals surface area contributed by atoms with Gasteiger partial charge in [0, 0.05) is 47.9 Å². The van der Waals surface area contributed by atoms with Crippen LogP contribution in [0.1, 0.15) is 22.8 Å². The average Bonchev–Trinajstić information content (AvgIpc) is 0.847. The number of aliphatic hydroxyl groups excluding tert-OH is 1. The third kappa shape index (κ3) is 24.7. The fraction of sp³-hybridized carbons (Fsp3) is 0.0238. The van der Waals surface area contributed by atoms with E-state index in [1.807, 2.05) is 60.7 Å². The third-order valence-electron chi connectivity index (χ3n) is 14.4. The molecule has 492 valence electrons. The number of anilines is 1. The summed E-state index contributed by atoms with van der Waals surface area (Å²) in [5, 5.41) is 24.6. The Labute approximate surface area is 616 Å². The smallest absolute Gasteiger partial charge is 0.0134 e. The zero-order chi connectivity index (χ0) is 69.1. The SMILES string of the molecule is CC(=O)c1cc(Cl)cc(Cl)c1.Clc1cc(Cl)cc(-c2ccc3ccccc3n2)c1.Nc1ccccc1CO.[Cl][Ru][Cl].c1ccc(P(c2ccccc2)c2ccccc2)cc1.c1ccc(P(c2ccccc2)c2ccccc2)cc1.c1ccc(P(c2ccccc2)c2ccccc2)cc1. The molecule has 0 aliphatic rings. The van der Waals surface area contributed by atoms with Crippen molar-refractivity contribution in [2.45, 2.75) is 13.5 Å². The molecule has 14 heteroatoms. The molecule has 0 radical (unpaired) electrons. The first-order chi connectivity index (χ1) is 47.9. The van der Waals surface area contributed by atoms with Gasteiger partial charge >= 0.3 is 34.5 Å². The number of Topliss-reactive ketones (excluding diaryl/α,β-unsaturated/α-hetero) is 1. The van der Waals surface area contributed by atoms with Crippen LogP contribution < -0.4 is 53.5 Å². The summed E-state index contributed by atoms with van der Waals surface area (Å²) < 4.78 is 0. The van der Waals surface area contributed by atoms with E-state index in [0.29, 0.717) is 31.3 Å². The van der Waals surface area contributed by atoms with Crippen molar-refractivity contribution in [3.63, 3.8) is 0 Å². The first-order valence-electron chi connectivity index (χ1n) is 30.9. The van der Waals surface area contributed by atoms with E-state index in [2.05, 4.69) is 278 Å². The molecule has 0 amide bonds. The van der Waals surface area contributed by atoms with Crippen molar-refractivity contribution in [2.24, 2.45) is 0 Å². The maximum atomic E-state index is 10.8. The Kier molecular flexibility index (Phi) is 32.9. The molecule has 13 aromatic carbocycles. The normalized spacial score (nSPS) is 10.3. The predicted molar refractivity (Wildman–Crippen MR) is 428 cm³/mol. The van der Waals surface area contributed by atoms with Gasteiger partial charge in [0.25, 0.3) is 0 Å². The summed E-state index contributed by atoms with van der Waals surface area (Å²) in [5.74, 6) is -0.0330. The van der Waals surface area contributed by atoms with Crippen molar-refractivity contribution in [2.75, 3.05) is 5.73 Å². The number of hydrogen-bond acceptors (Lipinski definition) is 4. The third-order valence-corrected chi connectivity index (χ3v) is 22.6. The number of aliphatic hydroxyl groups is 1. The molecule has 1 aromatic heterocycles. The number of halogens is 6. The summed E-state index contributed by atoms with van der Waals surface area (Å²) >= 11 is 23.0. The van der Waals surface area contributed by atoms with Crippen LogP contribution in [0, 0.1) is 0 Å². The van der Waals surface area contributed by atoms with Crippen LogP contribution in [-0.2, 0) is 21.8 Å². The van der Waals surface area contributed by atoms with Gasteiger partial charge in [0.05, 0.1) is 17.8 Å². The molecule has 0 bridgehead atoms. The number of carbonyl (C=O) groups excluding carboxylic acids is 1. The van der Waals surface area contributed by atoms with Gasteiger partial charge in [-0.25, -0.2) is 4.98 Å². The molecule has 4 nitrogen and oxygen atoms in total. The number of rotatable bonds is 12. The van der Waals surface area contributed by atoms with Gasteiger partial charge in [-0.15, -0.1) is 0 Å². The van der Waals surface area contributed by atoms with E-state index in [-0.39, 0.29) is 27.5 Å². The van der Waals surface area contributed by atoms with Crippen LogP contribution in [0.25, 0.3) is 22.2 Å². The van der Waals surface area contributed by atoms with E-state index in [0.717, 1.165) is 27.7 Å². The molecule has 14 rings (SSSR count). The number of nitrogens with zero attached hydrogens (tertiary/aromatic N) is 1. The average molecular weight is 1550 g/mol. The van der Waals surface area contributed by atoms with Crippen molar-refractivity contribution in [1.82, 2.24) is 4.98 Å². The quantitative estimate of drug-likeness (QED) is 0.0553. The Balaban J connectivity index is 0.000000151. The number of nitrogen functional groups attached to an aromatic ring is 1. The Hall–Kier alpha value is -7.65. The van der Waals surface area contributed by atoms with Crippen LogP contribution in [0.15, 0.2) is 370 Å². The van der Waals surface area contributed by atoms with Gasteiger partial charge in [-0.2, -0.15) is 0 Å². The Morgan fingerprint density at radius 2 is 0.612 bits per heavy atom. The Morgan fingerprint density at radius 1 is 0.357 bits per heavy atom. The van der Waals surface area contributed by atoms with Crippen molar-refractivity contribution in [3.05, 3.63) is 401 Å². The van der Waals surface area contributed by atoms with Crippen LogP contribution in [0.4, 0.5) is 5.69 Å². The zero-order valence-electron chi connectivity index (χ0n) is 53.3. The monoisotopic (exact) mass is 1540 g/mol. The fourth-order valence-electron chi connectivity index (χ4n) is 9.90. The zero-order valence-corrected chi connectivity index (χ0v) is 62.2. The van der Waals surface area contributed by atoms with Crippen LogP contribution in [0.3, 0.4) is 0 Å². The number of fused-ring (bicyclic) bond motifs is 1. The van der Waals surface area contributed by atoms with Gasteiger partial charge in [-0.05, 0) is 133 Å². The Morgan fingerprint density at radius 3 is 0.878 bits per heavy atom. The molecule has 1 heterocycles. The molecular formula is C84H69Cl6N2O2P3Ru. The maximum Gasteiger partial charge on any atom is -0.0134 e. The molecule has 3 N–H and O–H groups in total. The minimum atomic E-state index is -0.446. The Bertz CT molecular complexity index is 3990. The standard InChI is InChI=1S/3C18H15P.C15H9Cl2N.C8H6Cl2O.C7H9NO.2ClH.Ru/c3*1-4-10-16(11-5-1)19(17-12-6-2-7-13-17)18-14-8-3-9-15-18;16-12-7-11(8-13(17)9-12)15-6-5-10-3-1-2-4-14(10)18-15;1-5(11)6-2-7(9)4-8(10)3-6;8-7-4-2-1-3-6(7)5-9;;;/h3*1-15H;1-9H;2-4H,1H3;1-4,9H,5,8H2;2*1H;/q;;;;;;;;+2/p-2. The van der Waals surface area contributed by atoms with Gasteiger partial charge in [0.2, 0.25) is 0 Å². The summed E-state index contributed by atoms with van der Waals surface area (Å²) in [7, 11) is 8.37. The summed E-state index contributed by atoms with van der Waals surface area (Å²) in [4.78, 5) is 15.4. The molecule has 0 aliphatic carbocycles. The van der Waals surface area contributed by atoms with Gasteiger partial charge in [-0.1, -0.05) is 362 Å². The predicted octanol–water partition coefficient (Wildman–Crippen LogP) is 20.9. The second kappa shape index (κ2) is 42.3. The van der Waals surface area contributed by atoms with E-state index in [1.54, 1.807) is 36.4 Å². The molecule has 0 saturated heterocycles. The summed E-state index contributed by atoms with van der Waals surface area (Å²) in [6, 6.07) is 126. The van der Waals surface area contributed by atoms with Crippen LogP contribution >= 0.6 is 89.6 Å². The molecule has 0 unspecified atom stereocenters. The van der Waals surface area contributed by atoms with Gasteiger partial charge in [0.1, 0.15) is 0 Å². The molecule has 98 heavy (non-hydrogen) atoms. The van der Waals surface area contributed by atoms with E-state index in [9.17, 15) is 4.79 Å². The summed E-state index contributed by atoms with van der Waals surface area (Å²) in [6.07, 6.45) is 0. The van der Waals surface area contributed by atoms with Gasteiger partial charge < -0.3 is 10.8 Å². The maximum absolute atomic E-state index is 10.8. The second-order valence-corrected chi connectivity index (χ2v) is 32.2. The fourth-order valence-corrected chi connectivity index (χ4v) is 17.9. The molecule has 0 atom stereocenters. The van der Waals surface area contributed by atoms with Crippen molar-refractivity contribution >= 4 is 160 Å². The number of aromatic nitrogens is 1. The van der Waals surface area contributed by atoms with Crippen molar-refractivity contribution in [3.8, 4) is 11.3 Å². The number of hydrogen-bond donors (Lipinski definition) is 2. The van der Waals surface area contributed by atoms with E-state index < -0.39 is 23.8 Å². The van der Waals surface area contributed by atoms with Crippen molar-refractivity contribution < 1.29 is 25.0 Å². The number of nitrogens with two attached hydrogens (primary N) is 1. The second-order valence-electron chi connectivity index (χ2n) is 21.2. The molecular weight excluding hydrogens is 1480 g/mol. The number of pyridine rings is 1. The topological polar surface area (TPSA) is 76.2 Å². The van der Waals surface area contributed by atoms with Crippen LogP contribution in [-0.4, -0.2) is 15.9 Å². The minimum Gasteiger partial charge on any atom is -0.0622 e. The van der Waals surface area contributed by atoms with Crippen LogP contribution in [0.2, 0.25) is 20.1 Å². The van der Waals surface area contributed by atoms with Crippen molar-refractivity contribution in [1.29, 1.82) is 0 Å². The first-order valence-corrected chi connectivity index (χ1v) is 40.9. The van der Waals surface area contributed by atoms with Gasteiger partial charge in [0.15, 0.2) is 5.78 Å². The molecule has 0 fully saturated rings. The largest absolute Gasteiger partial charge is 0.0622 e. The van der Waals surface area contributed by atoms with Gasteiger partial charge in [-0.3, -0.25) is 4.79 Å². The summed E-state index contributed by atoms with van der Waals surface area (Å²) in [6.45, 7) is 1.49. The summed E-state index contributed by atoms with van der Waals surface area (Å²) in [5.41, 5.74) is 10.2. The van der Waals surface area contributed by atoms with Crippen LogP contribution in [0.5, 0.6) is 0 Å². The molecule has 0 aliphatic heterocycles. The first kappa shape index (κ1) is 76.1. The number of benzene rings is 13. The molecule has 0 spiro atoms. The number of ketones is 1. The number of para-hydroxylation sites is 2. The molecule has 14 aromatic rings. The van der Waals surface area contributed by atoms with E-state index in [1.165, 1.54) is 54.7 Å². The minimum absolute atomic E-state index is 0.0205. The van der Waals surface area contributed by atoms with E-state index in [4.69, 9.17) is 76.6 Å². The number of carbonyl (C=O) groups is 1.